The van der Waals surface area contributed by atoms with Gasteiger partial charge in [-0.25, -0.2) is 4.68 Å². The van der Waals surface area contributed by atoms with Gasteiger partial charge in [-0.1, -0.05) is 0 Å². The summed E-state index contributed by atoms with van der Waals surface area (Å²) in [6, 6.07) is 0. The summed E-state index contributed by atoms with van der Waals surface area (Å²) < 4.78 is 1.64. The summed E-state index contributed by atoms with van der Waals surface area (Å²) in [5, 5.41) is 28.0. The number of aryl methyl sites for hydroxylation is 2. The van der Waals surface area contributed by atoms with Gasteiger partial charge < -0.3 is 10.4 Å². The van der Waals surface area contributed by atoms with Gasteiger partial charge in [-0.3, -0.25) is 10.1 Å². The molecule has 1 aliphatic carbocycles. The first-order valence-electron chi connectivity index (χ1n) is 7.16. The van der Waals surface area contributed by atoms with Crippen LogP contribution in [0.5, 0.6) is 0 Å². The van der Waals surface area contributed by atoms with Crippen molar-refractivity contribution in [1.82, 2.24) is 9.78 Å². The van der Waals surface area contributed by atoms with E-state index in [4.69, 9.17) is 0 Å². The molecular formula is C13H22N4O3. The van der Waals surface area contributed by atoms with Crippen molar-refractivity contribution in [2.75, 3.05) is 11.9 Å². The number of nitrogens with one attached hydrogen (secondary N) is 1. The van der Waals surface area contributed by atoms with Crippen LogP contribution in [-0.4, -0.2) is 32.5 Å². The van der Waals surface area contributed by atoms with Crippen LogP contribution < -0.4 is 5.32 Å². The first-order chi connectivity index (χ1) is 9.52. The summed E-state index contributed by atoms with van der Waals surface area (Å²) >= 11 is 0. The van der Waals surface area contributed by atoms with E-state index in [-0.39, 0.29) is 16.7 Å². The van der Waals surface area contributed by atoms with Gasteiger partial charge in [-0.05, 0) is 45.4 Å². The molecule has 1 saturated carbocycles. The van der Waals surface area contributed by atoms with E-state index in [9.17, 15) is 15.2 Å². The molecule has 1 aromatic heterocycles. The van der Waals surface area contributed by atoms with Crippen LogP contribution in [0.3, 0.4) is 0 Å². The first kappa shape index (κ1) is 14.8. The van der Waals surface area contributed by atoms with E-state index in [1.165, 1.54) is 0 Å². The fourth-order valence-electron chi connectivity index (χ4n) is 2.78. The third-order valence-corrected chi connectivity index (χ3v) is 3.95. The Morgan fingerprint density at radius 1 is 1.45 bits per heavy atom. The molecule has 0 saturated heterocycles. The Labute approximate surface area is 118 Å². The average molecular weight is 282 g/mol. The van der Waals surface area contributed by atoms with E-state index in [0.717, 1.165) is 25.7 Å². The molecule has 0 aromatic carbocycles. The van der Waals surface area contributed by atoms with Crippen LogP contribution in [0.1, 0.15) is 38.3 Å². The summed E-state index contributed by atoms with van der Waals surface area (Å²) in [7, 11) is 0. The zero-order valence-electron chi connectivity index (χ0n) is 12.0. The summed E-state index contributed by atoms with van der Waals surface area (Å²) in [5.41, 5.74) is 0.515. The molecule has 2 N–H and O–H groups in total. The van der Waals surface area contributed by atoms with Gasteiger partial charge in [0.25, 0.3) is 0 Å². The van der Waals surface area contributed by atoms with E-state index in [1.54, 1.807) is 11.6 Å². The second-order valence-corrected chi connectivity index (χ2v) is 5.41. The Morgan fingerprint density at radius 2 is 2.10 bits per heavy atom. The highest BCUT2D eigenvalue weighted by Crippen LogP contribution is 2.30. The number of aliphatic hydroxyl groups excluding tert-OH is 1. The molecule has 0 aliphatic heterocycles. The summed E-state index contributed by atoms with van der Waals surface area (Å²) in [5.74, 6) is 0.958. The minimum absolute atomic E-state index is 0.0719. The van der Waals surface area contributed by atoms with Gasteiger partial charge in [0.1, 0.15) is 5.69 Å². The van der Waals surface area contributed by atoms with Crippen molar-refractivity contribution in [3.63, 3.8) is 0 Å². The lowest BCUT2D eigenvalue weighted by atomic mass is 9.87. The summed E-state index contributed by atoms with van der Waals surface area (Å²) in [6.45, 7) is 4.86. The molecule has 1 heterocycles. The molecule has 2 rings (SSSR count). The number of nitrogens with zero attached hydrogens (tertiary/aromatic N) is 3. The largest absolute Gasteiger partial charge is 0.393 e. The molecule has 0 bridgehead atoms. The predicted molar refractivity (Wildman–Crippen MR) is 75.7 cm³/mol. The van der Waals surface area contributed by atoms with Crippen molar-refractivity contribution in [2.24, 2.45) is 5.92 Å². The summed E-state index contributed by atoms with van der Waals surface area (Å²) in [4.78, 5) is 10.8. The molecule has 0 spiro atoms. The molecule has 1 aromatic rings. The zero-order chi connectivity index (χ0) is 14.7. The second-order valence-electron chi connectivity index (χ2n) is 5.41. The topological polar surface area (TPSA) is 93.2 Å². The van der Waals surface area contributed by atoms with E-state index in [1.807, 2.05) is 6.92 Å². The molecule has 0 amide bonds. The molecule has 7 heteroatoms. The molecule has 7 nitrogen and oxygen atoms in total. The van der Waals surface area contributed by atoms with Crippen LogP contribution in [0, 0.1) is 23.0 Å². The Balaban J connectivity index is 2.06. The lowest BCUT2D eigenvalue weighted by molar-refractivity contribution is -0.384. The highest BCUT2D eigenvalue weighted by molar-refractivity contribution is 5.59. The number of aliphatic hydroxyl groups is 1. The number of anilines is 1. The number of rotatable bonds is 5. The van der Waals surface area contributed by atoms with Crippen molar-refractivity contribution in [2.45, 2.75) is 52.2 Å². The molecular weight excluding hydrogens is 260 g/mol. The van der Waals surface area contributed by atoms with Crippen LogP contribution in [0.25, 0.3) is 0 Å². The van der Waals surface area contributed by atoms with Gasteiger partial charge in [-0.15, -0.1) is 0 Å². The Kier molecular flexibility index (Phi) is 4.59. The highest BCUT2D eigenvalue weighted by Gasteiger charge is 2.26. The lowest BCUT2D eigenvalue weighted by Gasteiger charge is -2.25. The zero-order valence-corrected chi connectivity index (χ0v) is 12.0. The standard InChI is InChI=1S/C13H22N4O3/c1-3-16-13(12(17(19)20)9(2)15-16)14-8-10-4-6-11(18)7-5-10/h10-11,14,18H,3-8H2,1-2H3. The van der Waals surface area contributed by atoms with Crippen LogP contribution in [-0.2, 0) is 6.54 Å². The fourth-order valence-corrected chi connectivity index (χ4v) is 2.78. The third-order valence-electron chi connectivity index (χ3n) is 3.95. The van der Waals surface area contributed by atoms with Gasteiger partial charge in [0, 0.05) is 13.1 Å². The van der Waals surface area contributed by atoms with Crippen molar-refractivity contribution in [3.05, 3.63) is 15.8 Å². The van der Waals surface area contributed by atoms with Crippen molar-refractivity contribution >= 4 is 11.5 Å². The maximum Gasteiger partial charge on any atom is 0.333 e. The second kappa shape index (κ2) is 6.21. The van der Waals surface area contributed by atoms with Crippen LogP contribution in [0.2, 0.25) is 0 Å². The Hall–Kier alpha value is -1.63. The Morgan fingerprint density at radius 3 is 2.65 bits per heavy atom. The average Bonchev–Trinajstić information content (AvgIpc) is 2.74. The number of hydrogen-bond donors (Lipinski definition) is 2. The molecule has 1 aliphatic rings. The highest BCUT2D eigenvalue weighted by atomic mass is 16.6. The van der Waals surface area contributed by atoms with Gasteiger partial charge in [0.2, 0.25) is 5.82 Å². The third kappa shape index (κ3) is 3.09. The lowest BCUT2D eigenvalue weighted by Crippen LogP contribution is -2.24. The van der Waals surface area contributed by atoms with Crippen molar-refractivity contribution in [1.29, 1.82) is 0 Å². The quantitative estimate of drug-likeness (QED) is 0.637. The van der Waals surface area contributed by atoms with E-state index in [2.05, 4.69) is 10.4 Å². The van der Waals surface area contributed by atoms with Crippen molar-refractivity contribution in [3.8, 4) is 0 Å². The number of aromatic nitrogens is 2. The van der Waals surface area contributed by atoms with Crippen LogP contribution in [0.4, 0.5) is 11.5 Å². The van der Waals surface area contributed by atoms with E-state index < -0.39 is 0 Å². The molecule has 0 atom stereocenters. The molecule has 0 unspecified atom stereocenters. The van der Waals surface area contributed by atoms with Crippen LogP contribution in [0.15, 0.2) is 0 Å². The van der Waals surface area contributed by atoms with Crippen molar-refractivity contribution < 1.29 is 10.0 Å². The molecule has 1 fully saturated rings. The van der Waals surface area contributed by atoms with E-state index >= 15 is 0 Å². The SMILES string of the molecule is CCn1nc(C)c([N+](=O)[O-])c1NCC1CCC(O)CC1. The maximum atomic E-state index is 11.1. The van der Waals surface area contributed by atoms with Gasteiger partial charge in [-0.2, -0.15) is 5.10 Å². The molecule has 20 heavy (non-hydrogen) atoms. The van der Waals surface area contributed by atoms with Crippen LogP contribution >= 0.6 is 0 Å². The van der Waals surface area contributed by atoms with Gasteiger partial charge >= 0.3 is 5.69 Å². The molecule has 0 radical (unpaired) electrons. The predicted octanol–water partition coefficient (Wildman–Crippen LogP) is 2.08. The number of hydrogen-bond acceptors (Lipinski definition) is 5. The normalized spacial score (nSPS) is 22.8. The number of nitro groups is 1. The molecule has 112 valence electrons. The fraction of sp³-hybridized carbons (Fsp3) is 0.769. The minimum atomic E-state index is -0.374. The van der Waals surface area contributed by atoms with Gasteiger partial charge in [0.05, 0.1) is 11.0 Å². The maximum absolute atomic E-state index is 11.1. The monoisotopic (exact) mass is 282 g/mol. The minimum Gasteiger partial charge on any atom is -0.393 e. The summed E-state index contributed by atoms with van der Waals surface area (Å²) in [6.07, 6.45) is 3.38. The smallest absolute Gasteiger partial charge is 0.333 e. The first-order valence-corrected chi connectivity index (χ1v) is 7.16. The van der Waals surface area contributed by atoms with E-state index in [0.29, 0.717) is 30.5 Å². The Bertz CT molecular complexity index is 478. The van der Waals surface area contributed by atoms with Gasteiger partial charge in [0.15, 0.2) is 0 Å².